The minimum atomic E-state index is -4.40. The highest BCUT2D eigenvalue weighted by molar-refractivity contribution is 5.82. The summed E-state index contributed by atoms with van der Waals surface area (Å²) in [5.74, 6) is -0.994. The zero-order chi connectivity index (χ0) is 14.9. The number of halogens is 3. The van der Waals surface area contributed by atoms with Gasteiger partial charge in [-0.3, -0.25) is 9.59 Å². The van der Waals surface area contributed by atoms with E-state index < -0.39 is 24.7 Å². The van der Waals surface area contributed by atoms with Gasteiger partial charge in [0.05, 0.1) is 19.6 Å². The lowest BCUT2D eigenvalue weighted by molar-refractivity contribution is -0.175. The Bertz CT molecular complexity index is 294. The number of rotatable bonds is 8. The number of ether oxygens (including phenoxy) is 2. The molecule has 0 heterocycles. The standard InChI is InChI=1S/C11H18F3NO4/c1-3-15(7-10(17)19-4-2)9(16)5-6-18-8-11(12,13)14/h3-8H2,1-2H3. The van der Waals surface area contributed by atoms with E-state index >= 15 is 0 Å². The van der Waals surface area contributed by atoms with Crippen LogP contribution < -0.4 is 0 Å². The second-order valence-electron chi connectivity index (χ2n) is 3.63. The minimum Gasteiger partial charge on any atom is -0.465 e. The highest BCUT2D eigenvalue weighted by atomic mass is 19.4. The third-order valence-corrected chi connectivity index (χ3v) is 2.09. The molecule has 0 aliphatic rings. The van der Waals surface area contributed by atoms with Gasteiger partial charge in [-0.1, -0.05) is 0 Å². The molecule has 5 nitrogen and oxygen atoms in total. The summed E-state index contributed by atoms with van der Waals surface area (Å²) in [6.45, 7) is 1.86. The van der Waals surface area contributed by atoms with E-state index in [0.29, 0.717) is 0 Å². The molecule has 0 spiro atoms. The summed E-state index contributed by atoms with van der Waals surface area (Å²) in [4.78, 5) is 24.0. The van der Waals surface area contributed by atoms with Gasteiger partial charge < -0.3 is 14.4 Å². The molecule has 0 unspecified atom stereocenters. The van der Waals surface area contributed by atoms with Gasteiger partial charge in [-0.2, -0.15) is 13.2 Å². The molecular formula is C11H18F3NO4. The number of hydrogen-bond acceptors (Lipinski definition) is 4. The third kappa shape index (κ3) is 9.29. The Morgan fingerprint density at radius 2 is 1.84 bits per heavy atom. The second-order valence-corrected chi connectivity index (χ2v) is 3.63. The van der Waals surface area contributed by atoms with Crippen molar-refractivity contribution < 1.29 is 32.2 Å². The zero-order valence-electron chi connectivity index (χ0n) is 11.0. The van der Waals surface area contributed by atoms with Gasteiger partial charge in [0.15, 0.2) is 0 Å². The SMILES string of the molecule is CCOC(=O)CN(CC)C(=O)CCOCC(F)(F)F. The van der Waals surface area contributed by atoms with Crippen LogP contribution in [0.2, 0.25) is 0 Å². The topological polar surface area (TPSA) is 55.8 Å². The van der Waals surface area contributed by atoms with Crippen LogP contribution in [0.5, 0.6) is 0 Å². The summed E-state index contributed by atoms with van der Waals surface area (Å²) in [7, 11) is 0. The van der Waals surface area contributed by atoms with Crippen LogP contribution in [0.1, 0.15) is 20.3 Å². The maximum atomic E-state index is 11.8. The monoisotopic (exact) mass is 285 g/mol. The van der Waals surface area contributed by atoms with Crippen LogP contribution >= 0.6 is 0 Å². The lowest BCUT2D eigenvalue weighted by atomic mass is 10.3. The smallest absolute Gasteiger partial charge is 0.411 e. The molecule has 0 aromatic heterocycles. The van der Waals surface area contributed by atoms with Gasteiger partial charge in [0.25, 0.3) is 0 Å². The van der Waals surface area contributed by atoms with Crippen LogP contribution in [0, 0.1) is 0 Å². The van der Waals surface area contributed by atoms with E-state index in [0.717, 1.165) is 0 Å². The molecular weight excluding hydrogens is 267 g/mol. The van der Waals surface area contributed by atoms with Gasteiger partial charge in [-0.25, -0.2) is 0 Å². The van der Waals surface area contributed by atoms with Crippen LogP contribution in [-0.2, 0) is 19.1 Å². The molecule has 0 aliphatic heterocycles. The molecule has 19 heavy (non-hydrogen) atoms. The third-order valence-electron chi connectivity index (χ3n) is 2.09. The summed E-state index contributed by atoms with van der Waals surface area (Å²) in [6, 6.07) is 0. The molecule has 8 heteroatoms. The molecule has 0 aliphatic carbocycles. The highest BCUT2D eigenvalue weighted by Crippen LogP contribution is 2.14. The predicted octanol–water partition coefficient (Wildman–Crippen LogP) is 1.37. The van der Waals surface area contributed by atoms with Gasteiger partial charge in [0, 0.05) is 6.54 Å². The summed E-state index contributed by atoms with van der Waals surface area (Å²) in [5, 5.41) is 0. The average molecular weight is 285 g/mol. The number of hydrogen-bond donors (Lipinski definition) is 0. The van der Waals surface area contributed by atoms with Crippen LogP contribution in [0.15, 0.2) is 0 Å². The Morgan fingerprint density at radius 3 is 2.32 bits per heavy atom. The summed E-state index contributed by atoms with van der Waals surface area (Å²) in [5.41, 5.74) is 0. The summed E-state index contributed by atoms with van der Waals surface area (Å²) < 4.78 is 44.3. The molecule has 0 saturated carbocycles. The first-order valence-electron chi connectivity index (χ1n) is 5.88. The lowest BCUT2D eigenvalue weighted by Crippen LogP contribution is -2.37. The predicted molar refractivity (Wildman–Crippen MR) is 60.4 cm³/mol. The van der Waals surface area contributed by atoms with Gasteiger partial charge in [0.2, 0.25) is 5.91 Å². The Kier molecular flexibility index (Phi) is 8.13. The zero-order valence-corrected chi connectivity index (χ0v) is 11.0. The minimum absolute atomic E-state index is 0.205. The van der Waals surface area contributed by atoms with E-state index in [4.69, 9.17) is 0 Å². The average Bonchev–Trinajstić information content (AvgIpc) is 2.30. The fourth-order valence-electron chi connectivity index (χ4n) is 1.24. The van der Waals surface area contributed by atoms with E-state index in [9.17, 15) is 22.8 Å². The summed E-state index contributed by atoms with van der Waals surface area (Å²) in [6.07, 6.45) is -4.61. The number of alkyl halides is 3. The number of carbonyl (C=O) groups excluding carboxylic acids is 2. The second kappa shape index (κ2) is 8.73. The molecule has 0 fully saturated rings. The Hall–Kier alpha value is -1.31. The molecule has 0 rings (SSSR count). The van der Waals surface area contributed by atoms with Crippen molar-refractivity contribution in [3.8, 4) is 0 Å². The van der Waals surface area contributed by atoms with Crippen molar-refractivity contribution in [2.45, 2.75) is 26.4 Å². The summed E-state index contributed by atoms with van der Waals surface area (Å²) >= 11 is 0. The molecule has 0 aromatic carbocycles. The van der Waals surface area contributed by atoms with Crippen LogP contribution in [0.4, 0.5) is 13.2 Å². The van der Waals surface area contributed by atoms with E-state index in [2.05, 4.69) is 9.47 Å². The number of likely N-dealkylation sites (N-methyl/N-ethyl adjacent to an activating group) is 1. The molecule has 112 valence electrons. The Balaban J connectivity index is 3.98. The van der Waals surface area contributed by atoms with E-state index in [1.807, 2.05) is 0 Å². The lowest BCUT2D eigenvalue weighted by Gasteiger charge is -2.19. The quantitative estimate of drug-likeness (QED) is 0.499. The number of nitrogens with zero attached hydrogens (tertiary/aromatic N) is 1. The fourth-order valence-corrected chi connectivity index (χ4v) is 1.24. The van der Waals surface area contributed by atoms with Crippen molar-refractivity contribution in [2.75, 3.05) is 32.9 Å². The molecule has 0 radical (unpaired) electrons. The molecule has 0 aromatic rings. The van der Waals surface area contributed by atoms with Crippen molar-refractivity contribution in [1.29, 1.82) is 0 Å². The van der Waals surface area contributed by atoms with Gasteiger partial charge in [-0.05, 0) is 13.8 Å². The molecule has 0 saturated heterocycles. The Morgan fingerprint density at radius 1 is 1.21 bits per heavy atom. The molecule has 0 atom stereocenters. The van der Waals surface area contributed by atoms with Gasteiger partial charge in [0.1, 0.15) is 13.2 Å². The van der Waals surface area contributed by atoms with Crippen LogP contribution in [0.25, 0.3) is 0 Å². The highest BCUT2D eigenvalue weighted by Gasteiger charge is 2.27. The van der Waals surface area contributed by atoms with Gasteiger partial charge >= 0.3 is 12.1 Å². The fraction of sp³-hybridized carbons (Fsp3) is 0.818. The Labute approximate surface area is 109 Å². The van der Waals surface area contributed by atoms with Crippen molar-refractivity contribution in [3.05, 3.63) is 0 Å². The maximum absolute atomic E-state index is 11.8. The van der Waals surface area contributed by atoms with Crippen LogP contribution in [0.3, 0.4) is 0 Å². The van der Waals surface area contributed by atoms with Gasteiger partial charge in [-0.15, -0.1) is 0 Å². The first kappa shape index (κ1) is 17.7. The van der Waals surface area contributed by atoms with Crippen molar-refractivity contribution in [1.82, 2.24) is 4.90 Å². The maximum Gasteiger partial charge on any atom is 0.411 e. The number of carbonyl (C=O) groups is 2. The van der Waals surface area contributed by atoms with E-state index in [1.165, 1.54) is 4.90 Å². The number of amides is 1. The normalized spacial score (nSPS) is 11.2. The van der Waals surface area contributed by atoms with Crippen LogP contribution in [-0.4, -0.2) is 55.9 Å². The molecule has 0 bridgehead atoms. The van der Waals surface area contributed by atoms with E-state index in [1.54, 1.807) is 13.8 Å². The van der Waals surface area contributed by atoms with Crippen molar-refractivity contribution in [2.24, 2.45) is 0 Å². The molecule has 1 amide bonds. The van der Waals surface area contributed by atoms with Crippen molar-refractivity contribution in [3.63, 3.8) is 0 Å². The van der Waals surface area contributed by atoms with E-state index in [-0.39, 0.29) is 32.7 Å². The first-order valence-corrected chi connectivity index (χ1v) is 5.88. The number of esters is 1. The largest absolute Gasteiger partial charge is 0.465 e. The van der Waals surface area contributed by atoms with Crippen molar-refractivity contribution >= 4 is 11.9 Å². The molecule has 0 N–H and O–H groups in total. The first-order chi connectivity index (χ1) is 8.80.